The number of carbonyl (C=O) groups excluding carboxylic acids is 1. The number of amides is 1. The molecule has 1 fully saturated rings. The highest BCUT2D eigenvalue weighted by atomic mass is 16.6. The lowest BCUT2D eigenvalue weighted by molar-refractivity contribution is 0.0523. The maximum Gasteiger partial charge on any atom is 0.407 e. The fourth-order valence-corrected chi connectivity index (χ4v) is 2.50. The Morgan fingerprint density at radius 3 is 2.58 bits per heavy atom. The first-order valence-corrected chi connectivity index (χ1v) is 7.46. The smallest absolute Gasteiger partial charge is 0.407 e. The van der Waals surface area contributed by atoms with Crippen LogP contribution in [-0.2, 0) is 4.74 Å². The molecule has 2 N–H and O–H groups in total. The minimum Gasteiger partial charge on any atom is -0.444 e. The molecule has 1 aliphatic carbocycles. The third-order valence-electron chi connectivity index (χ3n) is 3.51. The number of ether oxygens (including phenoxy) is 1. The summed E-state index contributed by atoms with van der Waals surface area (Å²) in [4.78, 5) is 11.5. The molecule has 0 saturated heterocycles. The van der Waals surface area contributed by atoms with Gasteiger partial charge in [-0.25, -0.2) is 4.79 Å². The predicted molar refractivity (Wildman–Crippen MR) is 78.2 cm³/mol. The summed E-state index contributed by atoms with van der Waals surface area (Å²) in [5.74, 6) is 1.68. The van der Waals surface area contributed by atoms with Crippen LogP contribution in [0.5, 0.6) is 0 Å². The normalized spacial score (nSPS) is 25.1. The summed E-state index contributed by atoms with van der Waals surface area (Å²) in [7, 11) is 0. The first-order chi connectivity index (χ1) is 8.76. The van der Waals surface area contributed by atoms with Gasteiger partial charge in [-0.15, -0.1) is 0 Å². The highest BCUT2D eigenvalue weighted by Crippen LogP contribution is 2.29. The van der Waals surface area contributed by atoms with Crippen LogP contribution >= 0.6 is 0 Å². The van der Waals surface area contributed by atoms with Gasteiger partial charge in [0, 0.05) is 12.6 Å². The first kappa shape index (κ1) is 16.3. The molecule has 0 heterocycles. The second-order valence-corrected chi connectivity index (χ2v) is 6.98. The van der Waals surface area contributed by atoms with Crippen molar-refractivity contribution in [2.75, 3.05) is 13.1 Å². The number of hydrogen-bond acceptors (Lipinski definition) is 3. The summed E-state index contributed by atoms with van der Waals surface area (Å²) >= 11 is 0. The summed E-state index contributed by atoms with van der Waals surface area (Å²) < 4.78 is 5.20. The molecule has 0 aromatic heterocycles. The van der Waals surface area contributed by atoms with Crippen LogP contribution in [0, 0.1) is 11.8 Å². The summed E-state index contributed by atoms with van der Waals surface area (Å²) in [5, 5.41) is 6.29. The Hall–Kier alpha value is -0.770. The molecule has 0 radical (unpaired) electrons. The average Bonchev–Trinajstić information content (AvgIpc) is 2.67. The molecule has 1 amide bonds. The minimum absolute atomic E-state index is 0.281. The van der Waals surface area contributed by atoms with Crippen LogP contribution in [-0.4, -0.2) is 30.8 Å². The van der Waals surface area contributed by atoms with E-state index in [-0.39, 0.29) is 12.1 Å². The maximum atomic E-state index is 11.5. The van der Waals surface area contributed by atoms with Crippen molar-refractivity contribution in [1.29, 1.82) is 0 Å². The molecule has 1 aliphatic rings. The monoisotopic (exact) mass is 270 g/mol. The molecule has 4 heteroatoms. The molecule has 1 saturated carbocycles. The predicted octanol–water partition coefficient (Wildman–Crippen LogP) is 2.93. The lowest BCUT2D eigenvalue weighted by Crippen LogP contribution is -2.42. The van der Waals surface area contributed by atoms with Gasteiger partial charge in [0.15, 0.2) is 0 Å². The van der Waals surface area contributed by atoms with Crippen molar-refractivity contribution in [3.63, 3.8) is 0 Å². The largest absolute Gasteiger partial charge is 0.444 e. The van der Waals surface area contributed by atoms with E-state index in [2.05, 4.69) is 24.5 Å². The molecule has 4 nitrogen and oxygen atoms in total. The van der Waals surface area contributed by atoms with Crippen molar-refractivity contribution in [2.45, 2.75) is 65.5 Å². The molecule has 1 rings (SSSR count). The number of rotatable bonds is 5. The SMILES string of the molecule is CC1CCC(CNC(C)CNC(=O)OC(C)(C)C)C1. The standard InChI is InChI=1S/C15H30N2O2/c1-11-6-7-13(8-11)10-16-12(2)9-17-14(18)19-15(3,4)5/h11-13,16H,6-10H2,1-5H3,(H,17,18). The van der Waals surface area contributed by atoms with Crippen molar-refractivity contribution >= 4 is 6.09 Å². The molecule has 0 aromatic carbocycles. The second kappa shape index (κ2) is 7.13. The molecule has 0 aromatic rings. The van der Waals surface area contributed by atoms with E-state index in [1.807, 2.05) is 20.8 Å². The zero-order chi connectivity index (χ0) is 14.5. The van der Waals surface area contributed by atoms with Crippen molar-refractivity contribution in [3.8, 4) is 0 Å². The van der Waals surface area contributed by atoms with E-state index in [0.717, 1.165) is 18.4 Å². The molecule has 112 valence electrons. The van der Waals surface area contributed by atoms with Gasteiger partial charge in [0.05, 0.1) is 0 Å². The van der Waals surface area contributed by atoms with Gasteiger partial charge in [0.25, 0.3) is 0 Å². The molecular formula is C15H30N2O2. The zero-order valence-electron chi connectivity index (χ0n) is 13.1. The third kappa shape index (κ3) is 7.41. The molecule has 0 bridgehead atoms. The Morgan fingerprint density at radius 1 is 1.37 bits per heavy atom. The Kier molecular flexibility index (Phi) is 6.11. The van der Waals surface area contributed by atoms with Gasteiger partial charge in [0.2, 0.25) is 0 Å². The Bertz CT molecular complexity index is 286. The van der Waals surface area contributed by atoms with Crippen LogP contribution in [0.15, 0.2) is 0 Å². The maximum absolute atomic E-state index is 11.5. The summed E-state index contributed by atoms with van der Waals surface area (Å²) in [5.41, 5.74) is -0.430. The van der Waals surface area contributed by atoms with Gasteiger partial charge >= 0.3 is 6.09 Å². The number of hydrogen-bond donors (Lipinski definition) is 2. The van der Waals surface area contributed by atoms with Gasteiger partial charge in [-0.1, -0.05) is 13.3 Å². The van der Waals surface area contributed by atoms with Crippen LogP contribution in [0.25, 0.3) is 0 Å². The van der Waals surface area contributed by atoms with Crippen LogP contribution in [0.4, 0.5) is 4.79 Å². The van der Waals surface area contributed by atoms with Gasteiger partial charge in [-0.3, -0.25) is 0 Å². The van der Waals surface area contributed by atoms with Crippen molar-refractivity contribution < 1.29 is 9.53 Å². The average molecular weight is 270 g/mol. The topological polar surface area (TPSA) is 50.4 Å². The highest BCUT2D eigenvalue weighted by Gasteiger charge is 2.21. The molecule has 3 atom stereocenters. The second-order valence-electron chi connectivity index (χ2n) is 6.98. The van der Waals surface area contributed by atoms with E-state index in [1.165, 1.54) is 19.3 Å². The minimum atomic E-state index is -0.430. The van der Waals surface area contributed by atoms with Gasteiger partial charge in [0.1, 0.15) is 5.60 Å². The number of nitrogens with one attached hydrogen (secondary N) is 2. The Balaban J connectivity index is 2.10. The highest BCUT2D eigenvalue weighted by molar-refractivity contribution is 5.67. The van der Waals surface area contributed by atoms with Crippen LogP contribution in [0.3, 0.4) is 0 Å². The van der Waals surface area contributed by atoms with Crippen molar-refractivity contribution in [3.05, 3.63) is 0 Å². The number of alkyl carbamates (subject to hydrolysis) is 1. The first-order valence-electron chi connectivity index (χ1n) is 7.46. The van der Waals surface area contributed by atoms with E-state index in [4.69, 9.17) is 4.74 Å². The number of carbonyl (C=O) groups is 1. The molecular weight excluding hydrogens is 240 g/mol. The Labute approximate surface area is 117 Å². The molecule has 0 aliphatic heterocycles. The summed E-state index contributed by atoms with van der Waals surface area (Å²) in [6, 6.07) is 0.281. The Morgan fingerprint density at radius 2 is 2.05 bits per heavy atom. The van der Waals surface area contributed by atoms with Gasteiger partial charge in [-0.05, 0) is 58.9 Å². The third-order valence-corrected chi connectivity index (χ3v) is 3.51. The van der Waals surface area contributed by atoms with Crippen LogP contribution < -0.4 is 10.6 Å². The lowest BCUT2D eigenvalue weighted by Gasteiger charge is -2.21. The van der Waals surface area contributed by atoms with Gasteiger partial charge < -0.3 is 15.4 Å². The van der Waals surface area contributed by atoms with E-state index >= 15 is 0 Å². The van der Waals surface area contributed by atoms with Crippen molar-refractivity contribution in [2.24, 2.45) is 11.8 Å². The summed E-state index contributed by atoms with van der Waals surface area (Å²) in [6.07, 6.45) is 3.69. The lowest BCUT2D eigenvalue weighted by atomic mass is 10.1. The molecule has 0 spiro atoms. The van der Waals surface area contributed by atoms with E-state index in [0.29, 0.717) is 6.54 Å². The fourth-order valence-electron chi connectivity index (χ4n) is 2.50. The van der Waals surface area contributed by atoms with E-state index < -0.39 is 5.60 Å². The van der Waals surface area contributed by atoms with E-state index in [9.17, 15) is 4.79 Å². The molecule has 19 heavy (non-hydrogen) atoms. The fraction of sp³-hybridized carbons (Fsp3) is 0.933. The molecule has 3 unspecified atom stereocenters. The van der Waals surface area contributed by atoms with Crippen LogP contribution in [0.1, 0.15) is 53.9 Å². The van der Waals surface area contributed by atoms with E-state index in [1.54, 1.807) is 0 Å². The summed E-state index contributed by atoms with van der Waals surface area (Å²) in [6.45, 7) is 11.7. The van der Waals surface area contributed by atoms with Crippen LogP contribution in [0.2, 0.25) is 0 Å². The quantitative estimate of drug-likeness (QED) is 0.807. The zero-order valence-corrected chi connectivity index (χ0v) is 13.1. The van der Waals surface area contributed by atoms with Crippen molar-refractivity contribution in [1.82, 2.24) is 10.6 Å². The van der Waals surface area contributed by atoms with Gasteiger partial charge in [-0.2, -0.15) is 0 Å².